The van der Waals surface area contributed by atoms with E-state index in [-0.39, 0.29) is 0 Å². The van der Waals surface area contributed by atoms with Gasteiger partial charge in [0.05, 0.1) is 73.2 Å². The van der Waals surface area contributed by atoms with Crippen LogP contribution in [0, 0.1) is 27.7 Å². The van der Waals surface area contributed by atoms with Crippen molar-refractivity contribution in [2.45, 2.75) is 27.7 Å². The molecule has 9 rings (SSSR count). The number of aryl methyl sites for hydroxylation is 4. The van der Waals surface area contributed by atoms with Gasteiger partial charge in [-0.15, -0.1) is 0 Å². The second-order valence-corrected chi connectivity index (χ2v) is 13.2. The molecule has 9 heterocycles. The van der Waals surface area contributed by atoms with Gasteiger partial charge in [-0.05, 0) is 125 Å². The molecule has 0 fully saturated rings. The molecule has 7 aromatic rings. The molecule has 0 radical (unpaired) electrons. The van der Waals surface area contributed by atoms with Crippen molar-refractivity contribution < 1.29 is 0 Å². The second kappa shape index (κ2) is 12.5. The van der Waals surface area contributed by atoms with Crippen LogP contribution in [-0.4, -0.2) is 39.9 Å². The summed E-state index contributed by atoms with van der Waals surface area (Å²) in [5, 5.41) is 0. The van der Waals surface area contributed by atoms with E-state index in [1.165, 1.54) is 0 Å². The summed E-state index contributed by atoms with van der Waals surface area (Å²) in [7, 11) is 0. The van der Waals surface area contributed by atoms with E-state index >= 15 is 0 Å². The van der Waals surface area contributed by atoms with Crippen molar-refractivity contribution in [3.05, 3.63) is 143 Å². The Bertz CT molecular complexity index is 2660. The zero-order valence-corrected chi connectivity index (χ0v) is 29.2. The highest BCUT2D eigenvalue weighted by atomic mass is 14.8. The summed E-state index contributed by atoms with van der Waals surface area (Å²) in [6.45, 7) is 8.03. The lowest BCUT2D eigenvalue weighted by atomic mass is 10.1. The van der Waals surface area contributed by atoms with E-state index < -0.39 is 0 Å². The lowest BCUT2D eigenvalue weighted by molar-refractivity contribution is 1.18. The molecule has 0 spiro atoms. The average molecular weight is 675 g/mol. The molecule has 8 bridgehead atoms. The van der Waals surface area contributed by atoms with Crippen molar-refractivity contribution in [1.82, 2.24) is 39.9 Å². The van der Waals surface area contributed by atoms with E-state index in [1.54, 1.807) is 0 Å². The number of aromatic amines is 2. The van der Waals surface area contributed by atoms with Gasteiger partial charge in [0.2, 0.25) is 0 Å². The Balaban J connectivity index is 1.49. The molecule has 0 saturated carbocycles. The minimum Gasteiger partial charge on any atom is -0.354 e. The van der Waals surface area contributed by atoms with Crippen LogP contribution in [-0.2, 0) is 0 Å². The number of hydrogen-bond acceptors (Lipinski definition) is 6. The van der Waals surface area contributed by atoms with Gasteiger partial charge in [0.25, 0.3) is 0 Å². The summed E-state index contributed by atoms with van der Waals surface area (Å²) in [6, 6.07) is 32.7. The molecule has 2 aliphatic rings. The normalized spacial score (nSPS) is 12.1. The van der Waals surface area contributed by atoms with Gasteiger partial charge < -0.3 is 9.97 Å². The quantitative estimate of drug-likeness (QED) is 0.192. The lowest BCUT2D eigenvalue weighted by Crippen LogP contribution is -1.95. The molecule has 0 saturated heterocycles. The first-order valence-corrected chi connectivity index (χ1v) is 17.3. The zero-order valence-electron chi connectivity index (χ0n) is 29.2. The van der Waals surface area contributed by atoms with Gasteiger partial charge in [-0.3, -0.25) is 19.9 Å². The predicted octanol–water partition coefficient (Wildman–Crippen LogP) is 10.1. The summed E-state index contributed by atoms with van der Waals surface area (Å²) in [5.74, 6) is 0. The molecular formula is C44H34N8. The van der Waals surface area contributed by atoms with Crippen LogP contribution in [0.4, 0.5) is 0 Å². The third-order valence-corrected chi connectivity index (χ3v) is 9.33. The van der Waals surface area contributed by atoms with Crippen LogP contribution in [0.2, 0.25) is 0 Å². The fraction of sp³-hybridized carbons (Fsp3) is 0.0909. The molecule has 0 aliphatic carbocycles. The Morgan fingerprint density at radius 2 is 0.596 bits per heavy atom. The average Bonchev–Trinajstić information content (AvgIpc) is 3.96. The van der Waals surface area contributed by atoms with E-state index in [1.807, 2.05) is 100 Å². The van der Waals surface area contributed by atoms with Gasteiger partial charge in [-0.1, -0.05) is 24.3 Å². The Kier molecular flexibility index (Phi) is 7.51. The van der Waals surface area contributed by atoms with Gasteiger partial charge in [0, 0.05) is 39.5 Å². The van der Waals surface area contributed by atoms with Gasteiger partial charge >= 0.3 is 0 Å². The number of nitrogens with one attached hydrogen (secondary N) is 2. The van der Waals surface area contributed by atoms with Gasteiger partial charge in [0.1, 0.15) is 0 Å². The zero-order chi connectivity index (χ0) is 35.3. The smallest absolute Gasteiger partial charge is 0.0753 e. The Labute approximate surface area is 300 Å². The fourth-order valence-corrected chi connectivity index (χ4v) is 7.01. The van der Waals surface area contributed by atoms with Gasteiger partial charge in [-0.2, -0.15) is 0 Å². The van der Waals surface area contributed by atoms with Crippen LogP contribution in [0.25, 0.3) is 91.4 Å². The molecule has 0 unspecified atom stereocenters. The van der Waals surface area contributed by atoms with E-state index in [0.717, 1.165) is 113 Å². The summed E-state index contributed by atoms with van der Waals surface area (Å²) < 4.78 is 0. The molecule has 0 aromatic carbocycles. The SMILES string of the molecule is Cc1cccc(-c2c3nc(c(-c4cccc(C)n4)c4ccc([nH]4)c(-c4cccc(C)n4)c4ccc([nH]4)c(-c4cccc(C)n4)c4nc2C=C4)C=C3)n1. The number of aromatic nitrogens is 8. The molecule has 2 aliphatic heterocycles. The third kappa shape index (κ3) is 5.60. The topological polar surface area (TPSA) is 109 Å². The molecule has 8 heteroatoms. The van der Waals surface area contributed by atoms with Crippen LogP contribution in [0.3, 0.4) is 0 Å². The minimum atomic E-state index is 0.773. The van der Waals surface area contributed by atoms with E-state index in [0.29, 0.717) is 0 Å². The molecule has 0 atom stereocenters. The Hall–Kier alpha value is -6.80. The van der Waals surface area contributed by atoms with Crippen LogP contribution >= 0.6 is 0 Å². The first kappa shape index (κ1) is 31.2. The fourth-order valence-electron chi connectivity index (χ4n) is 7.01. The Morgan fingerprint density at radius 1 is 0.308 bits per heavy atom. The largest absolute Gasteiger partial charge is 0.354 e. The summed E-state index contributed by atoms with van der Waals surface area (Å²) >= 11 is 0. The van der Waals surface area contributed by atoms with Crippen LogP contribution in [0.15, 0.2) is 97.1 Å². The van der Waals surface area contributed by atoms with Crippen LogP contribution < -0.4 is 0 Å². The Morgan fingerprint density at radius 3 is 0.942 bits per heavy atom. The second-order valence-electron chi connectivity index (χ2n) is 13.2. The van der Waals surface area contributed by atoms with Crippen molar-refractivity contribution in [2.75, 3.05) is 0 Å². The summed E-state index contributed by atoms with van der Waals surface area (Å²) in [6.07, 6.45) is 8.23. The highest BCUT2D eigenvalue weighted by Gasteiger charge is 2.21. The van der Waals surface area contributed by atoms with Crippen LogP contribution in [0.1, 0.15) is 45.6 Å². The van der Waals surface area contributed by atoms with Crippen molar-refractivity contribution in [1.29, 1.82) is 0 Å². The van der Waals surface area contributed by atoms with Crippen LogP contribution in [0.5, 0.6) is 0 Å². The highest BCUT2D eigenvalue weighted by Crippen LogP contribution is 2.37. The van der Waals surface area contributed by atoms with E-state index in [2.05, 4.69) is 58.5 Å². The lowest BCUT2D eigenvalue weighted by Gasteiger charge is -2.07. The predicted molar refractivity (Wildman–Crippen MR) is 211 cm³/mol. The minimum absolute atomic E-state index is 0.773. The van der Waals surface area contributed by atoms with Crippen molar-refractivity contribution in [3.8, 4) is 45.0 Å². The third-order valence-electron chi connectivity index (χ3n) is 9.33. The summed E-state index contributed by atoms with van der Waals surface area (Å²) in [5.41, 5.74) is 17.3. The molecule has 0 amide bonds. The highest BCUT2D eigenvalue weighted by molar-refractivity contribution is 5.99. The molecule has 7 aromatic heterocycles. The standard InChI is InChI=1S/C44H34N8/c1-25-9-5-13-29(45-25)41-33-17-19-35(49-33)42(30-14-6-10-26(2)46-30)37-21-23-39(51-37)44(32-16-8-12-28(4)48-32)40-24-22-38(52-40)43(36-20-18-34(41)50-36)31-15-7-11-27(3)47-31/h5-24,49-50H,1-4H3. The van der Waals surface area contributed by atoms with Gasteiger partial charge in [0.15, 0.2) is 0 Å². The van der Waals surface area contributed by atoms with Crippen molar-refractivity contribution in [2.24, 2.45) is 0 Å². The number of rotatable bonds is 4. The maximum Gasteiger partial charge on any atom is 0.0753 e. The molecule has 52 heavy (non-hydrogen) atoms. The van der Waals surface area contributed by atoms with Crippen molar-refractivity contribution >= 4 is 46.4 Å². The maximum absolute atomic E-state index is 5.31. The number of hydrogen-bond donors (Lipinski definition) is 2. The number of nitrogens with zero attached hydrogens (tertiary/aromatic N) is 6. The van der Waals surface area contributed by atoms with E-state index in [4.69, 9.17) is 29.9 Å². The number of fused-ring (bicyclic) bond motifs is 8. The molecule has 8 nitrogen and oxygen atoms in total. The molecular weight excluding hydrogens is 641 g/mol. The maximum atomic E-state index is 5.31. The summed E-state index contributed by atoms with van der Waals surface area (Å²) in [4.78, 5) is 38.1. The van der Waals surface area contributed by atoms with Gasteiger partial charge in [-0.25, -0.2) is 9.97 Å². The first-order valence-electron chi connectivity index (χ1n) is 17.3. The molecule has 250 valence electrons. The number of H-pyrrole nitrogens is 2. The number of pyridine rings is 4. The molecule has 2 N–H and O–H groups in total. The van der Waals surface area contributed by atoms with E-state index in [9.17, 15) is 0 Å². The monoisotopic (exact) mass is 674 g/mol. The van der Waals surface area contributed by atoms with Crippen molar-refractivity contribution in [3.63, 3.8) is 0 Å². The first-order chi connectivity index (χ1) is 25.4.